The zero-order valence-corrected chi connectivity index (χ0v) is 10.5. The number of nitrogens with two attached hydrogens (primary N) is 1. The Kier molecular flexibility index (Phi) is 2.53. The zero-order chi connectivity index (χ0) is 11.1. The molecule has 0 radical (unpaired) electrons. The topological polar surface area (TPSA) is 48.1 Å². The predicted molar refractivity (Wildman–Crippen MR) is 69.2 cm³/mol. The Morgan fingerprint density at radius 1 is 1.50 bits per heavy atom. The van der Waals surface area contributed by atoms with Crippen molar-refractivity contribution >= 4 is 39.0 Å². The van der Waals surface area contributed by atoms with E-state index in [2.05, 4.69) is 11.1 Å². The number of thioether (sulfide) groups is 1. The zero-order valence-electron chi connectivity index (χ0n) is 8.90. The van der Waals surface area contributed by atoms with E-state index < -0.39 is 0 Å². The van der Waals surface area contributed by atoms with E-state index in [-0.39, 0.29) is 0 Å². The van der Waals surface area contributed by atoms with Crippen LogP contribution in [-0.4, -0.2) is 23.4 Å². The van der Waals surface area contributed by atoms with Crippen molar-refractivity contribution in [1.29, 1.82) is 0 Å². The molecule has 2 N–H and O–H groups in total. The summed E-state index contributed by atoms with van der Waals surface area (Å²) in [6.07, 6.45) is 0. The minimum Gasteiger partial charge on any atom is -0.398 e. The first-order valence-corrected chi connectivity index (χ1v) is 6.83. The monoisotopic (exact) mass is 252 g/mol. The number of hydrogen-bond donors (Lipinski definition) is 1. The van der Waals surface area contributed by atoms with Crippen molar-refractivity contribution in [3.63, 3.8) is 0 Å². The number of aryl methyl sites for hydroxylation is 1. The Morgan fingerprint density at radius 3 is 3.00 bits per heavy atom. The molecule has 2 aromatic rings. The molecule has 1 fully saturated rings. The smallest absolute Gasteiger partial charge is 0.0907 e. The van der Waals surface area contributed by atoms with E-state index in [1.165, 1.54) is 4.70 Å². The van der Waals surface area contributed by atoms with Gasteiger partial charge in [0.15, 0.2) is 0 Å². The van der Waals surface area contributed by atoms with Crippen LogP contribution in [0, 0.1) is 6.92 Å². The van der Waals surface area contributed by atoms with Crippen molar-refractivity contribution in [2.24, 2.45) is 0 Å². The molecule has 0 bridgehead atoms. The maximum Gasteiger partial charge on any atom is 0.0907 e. The third kappa shape index (κ3) is 1.79. The Hall–Kier alpha value is -0.780. The van der Waals surface area contributed by atoms with Crippen LogP contribution in [0.4, 0.5) is 5.69 Å². The molecular weight excluding hydrogens is 240 g/mol. The fourth-order valence-electron chi connectivity index (χ4n) is 1.65. The van der Waals surface area contributed by atoms with Crippen molar-refractivity contribution in [2.45, 2.75) is 17.1 Å². The van der Waals surface area contributed by atoms with Crippen molar-refractivity contribution in [1.82, 2.24) is 4.98 Å². The lowest BCUT2D eigenvalue weighted by molar-refractivity contribution is 0.0455. The van der Waals surface area contributed by atoms with Gasteiger partial charge >= 0.3 is 0 Å². The summed E-state index contributed by atoms with van der Waals surface area (Å²) in [5.41, 5.74) is 7.95. The van der Waals surface area contributed by atoms with Gasteiger partial charge in [-0.25, -0.2) is 4.98 Å². The van der Waals surface area contributed by atoms with Gasteiger partial charge in [0.2, 0.25) is 0 Å². The van der Waals surface area contributed by atoms with Crippen molar-refractivity contribution in [3.05, 3.63) is 17.1 Å². The Balaban J connectivity index is 1.99. The molecule has 1 aliphatic rings. The number of thiazole rings is 1. The van der Waals surface area contributed by atoms with Crippen LogP contribution < -0.4 is 5.73 Å². The summed E-state index contributed by atoms with van der Waals surface area (Å²) in [4.78, 5) is 5.62. The van der Waals surface area contributed by atoms with Gasteiger partial charge in [-0.2, -0.15) is 0 Å². The molecule has 84 valence electrons. The average Bonchev–Trinajstić information content (AvgIpc) is 2.50. The summed E-state index contributed by atoms with van der Waals surface area (Å²) in [5, 5.41) is 1.64. The third-order valence-corrected chi connectivity index (χ3v) is 4.67. The number of benzene rings is 1. The molecule has 0 aliphatic carbocycles. The predicted octanol–water partition coefficient (Wildman–Crippen LogP) is 2.68. The SMILES string of the molecule is Cc1nc2cc(SC3COC3)c(N)cc2s1. The first-order valence-electron chi connectivity index (χ1n) is 5.13. The van der Waals surface area contributed by atoms with E-state index in [0.29, 0.717) is 5.25 Å². The van der Waals surface area contributed by atoms with Gasteiger partial charge in [0.1, 0.15) is 0 Å². The second-order valence-electron chi connectivity index (χ2n) is 3.87. The summed E-state index contributed by atoms with van der Waals surface area (Å²) < 4.78 is 6.33. The molecule has 0 unspecified atom stereocenters. The molecule has 2 heterocycles. The van der Waals surface area contributed by atoms with Gasteiger partial charge in [-0.05, 0) is 19.1 Å². The summed E-state index contributed by atoms with van der Waals surface area (Å²) in [6.45, 7) is 3.68. The lowest BCUT2D eigenvalue weighted by atomic mass is 10.3. The molecule has 1 aromatic carbocycles. The van der Waals surface area contributed by atoms with Gasteiger partial charge in [-0.1, -0.05) is 0 Å². The van der Waals surface area contributed by atoms with Gasteiger partial charge in [-0.15, -0.1) is 23.1 Å². The number of nitrogens with zero attached hydrogens (tertiary/aromatic N) is 1. The molecule has 3 rings (SSSR count). The molecule has 0 spiro atoms. The van der Waals surface area contributed by atoms with Crippen LogP contribution in [-0.2, 0) is 4.74 Å². The Morgan fingerprint density at radius 2 is 2.31 bits per heavy atom. The minimum atomic E-state index is 0.555. The number of hydrogen-bond acceptors (Lipinski definition) is 5. The summed E-state index contributed by atoms with van der Waals surface area (Å²) in [7, 11) is 0. The van der Waals surface area contributed by atoms with E-state index in [4.69, 9.17) is 10.5 Å². The number of anilines is 1. The number of nitrogen functional groups attached to an aromatic ring is 1. The highest BCUT2D eigenvalue weighted by Crippen LogP contribution is 2.36. The Bertz CT molecular complexity index is 534. The van der Waals surface area contributed by atoms with E-state index in [9.17, 15) is 0 Å². The molecular formula is C11H12N2OS2. The maximum atomic E-state index is 6.04. The van der Waals surface area contributed by atoms with Crippen molar-refractivity contribution in [3.8, 4) is 0 Å². The summed E-state index contributed by atoms with van der Waals surface area (Å²) >= 11 is 3.48. The summed E-state index contributed by atoms with van der Waals surface area (Å²) in [5.74, 6) is 0. The van der Waals surface area contributed by atoms with Crippen LogP contribution in [0.3, 0.4) is 0 Å². The highest BCUT2D eigenvalue weighted by atomic mass is 32.2. The molecule has 1 aliphatic heterocycles. The van der Waals surface area contributed by atoms with E-state index in [1.54, 1.807) is 23.1 Å². The molecule has 1 aromatic heterocycles. The van der Waals surface area contributed by atoms with Gasteiger partial charge in [0.25, 0.3) is 0 Å². The quantitative estimate of drug-likeness (QED) is 0.835. The number of ether oxygens (including phenoxy) is 1. The lowest BCUT2D eigenvalue weighted by Gasteiger charge is -2.25. The molecule has 3 nitrogen and oxygen atoms in total. The Labute approximate surface area is 102 Å². The first-order chi connectivity index (χ1) is 7.72. The molecule has 0 amide bonds. The minimum absolute atomic E-state index is 0.555. The van der Waals surface area contributed by atoms with Crippen LogP contribution in [0.2, 0.25) is 0 Å². The normalized spacial score (nSPS) is 16.6. The van der Waals surface area contributed by atoms with Crippen molar-refractivity contribution in [2.75, 3.05) is 18.9 Å². The largest absolute Gasteiger partial charge is 0.398 e. The lowest BCUT2D eigenvalue weighted by Crippen LogP contribution is -2.30. The number of fused-ring (bicyclic) bond motifs is 1. The third-order valence-electron chi connectivity index (χ3n) is 2.53. The maximum absolute atomic E-state index is 6.04. The molecule has 5 heteroatoms. The second kappa shape index (κ2) is 3.91. The molecule has 16 heavy (non-hydrogen) atoms. The van der Waals surface area contributed by atoms with Gasteiger partial charge < -0.3 is 10.5 Å². The van der Waals surface area contributed by atoms with E-state index in [1.807, 2.05) is 13.0 Å². The molecule has 0 atom stereocenters. The van der Waals surface area contributed by atoms with Gasteiger partial charge in [0, 0.05) is 10.6 Å². The fourth-order valence-corrected chi connectivity index (χ4v) is 3.57. The van der Waals surface area contributed by atoms with Gasteiger partial charge in [-0.3, -0.25) is 0 Å². The summed E-state index contributed by atoms with van der Waals surface area (Å²) in [6, 6.07) is 4.12. The fraction of sp³-hybridized carbons (Fsp3) is 0.364. The second-order valence-corrected chi connectivity index (χ2v) is 6.44. The van der Waals surface area contributed by atoms with Crippen LogP contribution in [0.15, 0.2) is 17.0 Å². The highest BCUT2D eigenvalue weighted by Gasteiger charge is 2.21. The average molecular weight is 252 g/mol. The van der Waals surface area contributed by atoms with Crippen LogP contribution in [0.5, 0.6) is 0 Å². The van der Waals surface area contributed by atoms with Crippen LogP contribution in [0.25, 0.3) is 10.2 Å². The van der Waals surface area contributed by atoms with Crippen LogP contribution in [0.1, 0.15) is 5.01 Å². The molecule has 1 saturated heterocycles. The standard InChI is InChI=1S/C11H12N2OS2/c1-6-13-9-3-10(16-7-4-14-5-7)8(12)2-11(9)15-6/h2-3,7H,4-5,12H2,1H3. The van der Waals surface area contributed by atoms with E-state index >= 15 is 0 Å². The molecule has 0 saturated carbocycles. The van der Waals surface area contributed by atoms with Crippen LogP contribution >= 0.6 is 23.1 Å². The van der Waals surface area contributed by atoms with E-state index in [0.717, 1.165) is 34.3 Å². The highest BCUT2D eigenvalue weighted by molar-refractivity contribution is 8.00. The first kappa shape index (κ1) is 10.4. The number of aromatic nitrogens is 1. The van der Waals surface area contributed by atoms with Gasteiger partial charge in [0.05, 0.1) is 33.7 Å². The number of rotatable bonds is 2. The van der Waals surface area contributed by atoms with Crippen molar-refractivity contribution < 1.29 is 4.74 Å².